The number of benzene rings is 1. The summed E-state index contributed by atoms with van der Waals surface area (Å²) in [6.07, 6.45) is 5.34. The highest BCUT2D eigenvalue weighted by Crippen LogP contribution is 2.28. The minimum absolute atomic E-state index is 0.212. The molecule has 1 atom stereocenters. The van der Waals surface area contributed by atoms with Crippen molar-refractivity contribution in [3.63, 3.8) is 0 Å². The SMILES string of the molecule is COC(=O)C(CC1CCCCC1)NS(=O)(=O)c1ccc(F)cc1F. The molecule has 1 fully saturated rings. The lowest BCUT2D eigenvalue weighted by Crippen LogP contribution is -2.43. The average molecular weight is 361 g/mol. The van der Waals surface area contributed by atoms with E-state index in [1.165, 1.54) is 7.11 Å². The fourth-order valence-electron chi connectivity index (χ4n) is 3.03. The molecule has 1 aromatic carbocycles. The molecule has 1 aromatic rings. The van der Waals surface area contributed by atoms with E-state index in [1.807, 2.05) is 0 Å². The number of hydrogen-bond donors (Lipinski definition) is 1. The predicted molar refractivity (Wildman–Crippen MR) is 83.7 cm³/mol. The predicted octanol–water partition coefficient (Wildman–Crippen LogP) is 2.76. The van der Waals surface area contributed by atoms with E-state index in [2.05, 4.69) is 9.46 Å². The first-order valence-corrected chi connectivity index (χ1v) is 9.37. The van der Waals surface area contributed by atoms with Gasteiger partial charge >= 0.3 is 5.97 Å². The molecule has 1 unspecified atom stereocenters. The Morgan fingerprint density at radius 3 is 2.54 bits per heavy atom. The molecule has 8 heteroatoms. The highest BCUT2D eigenvalue weighted by molar-refractivity contribution is 7.89. The highest BCUT2D eigenvalue weighted by Gasteiger charge is 2.31. The minimum atomic E-state index is -4.31. The van der Waals surface area contributed by atoms with Crippen LogP contribution in [0.3, 0.4) is 0 Å². The van der Waals surface area contributed by atoms with Crippen molar-refractivity contribution in [3.8, 4) is 0 Å². The van der Waals surface area contributed by atoms with Gasteiger partial charge < -0.3 is 4.74 Å². The van der Waals surface area contributed by atoms with E-state index in [0.717, 1.165) is 44.2 Å². The van der Waals surface area contributed by atoms with Crippen molar-refractivity contribution in [3.05, 3.63) is 29.8 Å². The van der Waals surface area contributed by atoms with Crippen LogP contribution < -0.4 is 4.72 Å². The van der Waals surface area contributed by atoms with Gasteiger partial charge in [-0.3, -0.25) is 4.79 Å². The van der Waals surface area contributed by atoms with Gasteiger partial charge in [0.1, 0.15) is 22.6 Å². The molecular formula is C16H21F2NO4S. The fraction of sp³-hybridized carbons (Fsp3) is 0.562. The number of sulfonamides is 1. The van der Waals surface area contributed by atoms with E-state index in [-0.39, 0.29) is 5.92 Å². The minimum Gasteiger partial charge on any atom is -0.468 e. The number of methoxy groups -OCH3 is 1. The maximum Gasteiger partial charge on any atom is 0.323 e. The quantitative estimate of drug-likeness (QED) is 0.791. The Balaban J connectivity index is 2.18. The average Bonchev–Trinajstić information content (AvgIpc) is 2.53. The van der Waals surface area contributed by atoms with Gasteiger partial charge in [0.15, 0.2) is 0 Å². The Hall–Kier alpha value is -1.54. The second-order valence-corrected chi connectivity index (χ2v) is 7.69. The second-order valence-electron chi connectivity index (χ2n) is 6.01. The highest BCUT2D eigenvalue weighted by atomic mass is 32.2. The van der Waals surface area contributed by atoms with E-state index >= 15 is 0 Å². The third-order valence-electron chi connectivity index (χ3n) is 4.26. The van der Waals surface area contributed by atoms with Crippen LogP contribution in [-0.2, 0) is 19.6 Å². The maximum atomic E-state index is 13.8. The molecule has 1 saturated carbocycles. The van der Waals surface area contributed by atoms with Crippen molar-refractivity contribution in [1.29, 1.82) is 0 Å². The van der Waals surface area contributed by atoms with Gasteiger partial charge in [-0.05, 0) is 24.5 Å². The first-order chi connectivity index (χ1) is 11.3. The number of halogens is 2. The van der Waals surface area contributed by atoms with Crippen LogP contribution in [0.25, 0.3) is 0 Å². The monoisotopic (exact) mass is 361 g/mol. The molecule has 0 saturated heterocycles. The van der Waals surface area contributed by atoms with Crippen molar-refractivity contribution < 1.29 is 26.7 Å². The second kappa shape index (κ2) is 8.02. The molecule has 134 valence electrons. The molecule has 0 heterocycles. The Kier molecular flexibility index (Phi) is 6.28. The molecule has 1 aliphatic carbocycles. The largest absolute Gasteiger partial charge is 0.468 e. The van der Waals surface area contributed by atoms with E-state index in [0.29, 0.717) is 12.5 Å². The Labute approximate surface area is 140 Å². The number of nitrogens with one attached hydrogen (secondary N) is 1. The zero-order chi connectivity index (χ0) is 17.7. The summed E-state index contributed by atoms with van der Waals surface area (Å²) in [6.45, 7) is 0. The van der Waals surface area contributed by atoms with Crippen molar-refractivity contribution in [2.45, 2.75) is 49.5 Å². The number of carbonyl (C=O) groups excluding carboxylic acids is 1. The summed E-state index contributed by atoms with van der Waals surface area (Å²) in [4.78, 5) is 11.2. The molecule has 0 aromatic heterocycles. The number of ether oxygens (including phenoxy) is 1. The maximum absolute atomic E-state index is 13.8. The van der Waals surface area contributed by atoms with Crippen LogP contribution in [0.2, 0.25) is 0 Å². The smallest absolute Gasteiger partial charge is 0.323 e. The molecule has 1 N–H and O–H groups in total. The first kappa shape index (κ1) is 18.8. The lowest BCUT2D eigenvalue weighted by molar-refractivity contribution is -0.143. The van der Waals surface area contributed by atoms with Crippen molar-refractivity contribution in [1.82, 2.24) is 4.72 Å². The van der Waals surface area contributed by atoms with Gasteiger partial charge in [-0.25, -0.2) is 17.2 Å². The van der Waals surface area contributed by atoms with E-state index in [1.54, 1.807) is 0 Å². The summed E-state index contributed by atoms with van der Waals surface area (Å²) in [5, 5.41) is 0. The lowest BCUT2D eigenvalue weighted by atomic mass is 9.85. The number of esters is 1. The third kappa shape index (κ3) is 4.73. The molecule has 0 aliphatic heterocycles. The summed E-state index contributed by atoms with van der Waals surface area (Å²) < 4.78 is 58.3. The Morgan fingerprint density at radius 1 is 1.29 bits per heavy atom. The first-order valence-electron chi connectivity index (χ1n) is 7.88. The summed E-state index contributed by atoms with van der Waals surface area (Å²) in [5.41, 5.74) is 0. The molecule has 0 amide bonds. The summed E-state index contributed by atoms with van der Waals surface area (Å²) >= 11 is 0. The zero-order valence-corrected chi connectivity index (χ0v) is 14.2. The summed E-state index contributed by atoms with van der Waals surface area (Å²) in [7, 11) is -3.14. The van der Waals surface area contributed by atoms with E-state index in [4.69, 9.17) is 0 Å². The van der Waals surface area contributed by atoms with Crippen molar-refractivity contribution >= 4 is 16.0 Å². The van der Waals surface area contributed by atoms with Crippen LogP contribution >= 0.6 is 0 Å². The molecule has 5 nitrogen and oxygen atoms in total. The van der Waals surface area contributed by atoms with Gasteiger partial charge in [0, 0.05) is 6.07 Å². The molecule has 0 spiro atoms. The van der Waals surface area contributed by atoms with Crippen LogP contribution in [0.5, 0.6) is 0 Å². The summed E-state index contributed by atoms with van der Waals surface area (Å²) in [5.74, 6) is -2.59. The Bertz CT molecular complexity index is 687. The lowest BCUT2D eigenvalue weighted by Gasteiger charge is -2.25. The number of rotatable bonds is 6. The molecule has 0 bridgehead atoms. The molecular weight excluding hydrogens is 340 g/mol. The zero-order valence-electron chi connectivity index (χ0n) is 13.4. The third-order valence-corrected chi connectivity index (χ3v) is 5.77. The molecule has 0 radical (unpaired) electrons. The van der Waals surface area contributed by atoms with Crippen LogP contribution in [0.1, 0.15) is 38.5 Å². The molecule has 1 aliphatic rings. The molecule has 24 heavy (non-hydrogen) atoms. The van der Waals surface area contributed by atoms with Gasteiger partial charge in [-0.15, -0.1) is 0 Å². The van der Waals surface area contributed by atoms with Gasteiger partial charge in [-0.2, -0.15) is 4.72 Å². The molecule has 2 rings (SSSR count). The van der Waals surface area contributed by atoms with E-state index < -0.39 is 38.6 Å². The summed E-state index contributed by atoms with van der Waals surface area (Å²) in [6, 6.07) is 1.09. The number of carbonyl (C=O) groups is 1. The van der Waals surface area contributed by atoms with Crippen LogP contribution in [0.4, 0.5) is 8.78 Å². The standard InChI is InChI=1S/C16H21F2NO4S/c1-23-16(20)14(9-11-5-3-2-4-6-11)19-24(21,22)15-8-7-12(17)10-13(15)18/h7-8,10-11,14,19H,2-6,9H2,1H3. The van der Waals surface area contributed by atoms with Crippen LogP contribution in [-0.4, -0.2) is 27.5 Å². The fourth-order valence-corrected chi connectivity index (χ4v) is 4.29. The van der Waals surface area contributed by atoms with Gasteiger partial charge in [0.05, 0.1) is 7.11 Å². The van der Waals surface area contributed by atoms with Crippen LogP contribution in [0.15, 0.2) is 23.1 Å². The Morgan fingerprint density at radius 2 is 1.96 bits per heavy atom. The van der Waals surface area contributed by atoms with Crippen molar-refractivity contribution in [2.24, 2.45) is 5.92 Å². The number of hydrogen-bond acceptors (Lipinski definition) is 4. The normalized spacial score (nSPS) is 17.5. The van der Waals surface area contributed by atoms with Gasteiger partial charge in [0.2, 0.25) is 10.0 Å². The van der Waals surface area contributed by atoms with Crippen molar-refractivity contribution in [2.75, 3.05) is 7.11 Å². The van der Waals surface area contributed by atoms with Gasteiger partial charge in [0.25, 0.3) is 0 Å². The van der Waals surface area contributed by atoms with Crippen LogP contribution in [0, 0.1) is 17.6 Å². The topological polar surface area (TPSA) is 72.5 Å². The van der Waals surface area contributed by atoms with Gasteiger partial charge in [-0.1, -0.05) is 32.1 Å². The van der Waals surface area contributed by atoms with E-state index in [9.17, 15) is 22.0 Å².